The summed E-state index contributed by atoms with van der Waals surface area (Å²) in [5.74, 6) is 3.61. The molecule has 0 unspecified atom stereocenters. The monoisotopic (exact) mass is 337 g/mol. The highest BCUT2D eigenvalue weighted by molar-refractivity contribution is 5.89. The molecule has 2 aromatic carbocycles. The van der Waals surface area contributed by atoms with Gasteiger partial charge in [0.1, 0.15) is 29.7 Å². The first-order valence-corrected chi connectivity index (χ1v) is 8.45. The van der Waals surface area contributed by atoms with Crippen LogP contribution in [0.1, 0.15) is 25.6 Å². The molecule has 0 amide bonds. The number of nitrogens with zero attached hydrogens (tertiary/aromatic N) is 2. The predicted octanol–water partition coefficient (Wildman–Crippen LogP) is 4.25. The smallest absolute Gasteiger partial charge is 0.137 e. The fraction of sp³-hybridized carbons (Fsp3) is 0.300. The number of rotatable bonds is 7. The van der Waals surface area contributed by atoms with Gasteiger partial charge in [-0.05, 0) is 36.4 Å². The summed E-state index contributed by atoms with van der Waals surface area (Å²) in [4.78, 5) is 9.31. The maximum Gasteiger partial charge on any atom is 0.137 e. The zero-order valence-electron chi connectivity index (χ0n) is 14.8. The van der Waals surface area contributed by atoms with Crippen molar-refractivity contribution in [3.05, 3.63) is 54.4 Å². The van der Waals surface area contributed by atoms with Crippen LogP contribution < -0.4 is 14.8 Å². The van der Waals surface area contributed by atoms with Gasteiger partial charge >= 0.3 is 0 Å². The molecule has 3 rings (SSSR count). The molecular weight excluding hydrogens is 314 g/mol. The van der Waals surface area contributed by atoms with Gasteiger partial charge in [-0.15, -0.1) is 0 Å². The number of para-hydroxylation sites is 1. The first-order valence-electron chi connectivity index (χ1n) is 8.45. The summed E-state index contributed by atoms with van der Waals surface area (Å²) < 4.78 is 10.9. The van der Waals surface area contributed by atoms with Crippen molar-refractivity contribution in [3.63, 3.8) is 0 Å². The molecule has 1 heterocycles. The number of hydrogen-bond donors (Lipinski definition) is 1. The van der Waals surface area contributed by atoms with Gasteiger partial charge in [-0.1, -0.05) is 26.0 Å². The van der Waals surface area contributed by atoms with E-state index < -0.39 is 0 Å². The minimum atomic E-state index is 0.278. The minimum Gasteiger partial charge on any atom is -0.497 e. The summed E-state index contributed by atoms with van der Waals surface area (Å²) in [7, 11) is 1.65. The fourth-order valence-corrected chi connectivity index (χ4v) is 2.50. The second-order valence-corrected chi connectivity index (χ2v) is 6.05. The van der Waals surface area contributed by atoms with Crippen LogP contribution in [0, 0.1) is 0 Å². The summed E-state index contributed by atoms with van der Waals surface area (Å²) in [6.07, 6.45) is 0. The summed E-state index contributed by atoms with van der Waals surface area (Å²) >= 11 is 0. The van der Waals surface area contributed by atoms with E-state index in [0.717, 1.165) is 34.0 Å². The van der Waals surface area contributed by atoms with Gasteiger partial charge in [-0.25, -0.2) is 9.97 Å². The SMILES string of the molecule is COc1ccc(OCCNc2nc(C(C)C)nc3ccccc23)cc1. The highest BCUT2D eigenvalue weighted by Crippen LogP contribution is 2.23. The van der Waals surface area contributed by atoms with E-state index in [1.807, 2.05) is 48.5 Å². The second-order valence-electron chi connectivity index (χ2n) is 6.05. The Balaban J connectivity index is 1.65. The van der Waals surface area contributed by atoms with Crippen LogP contribution in [0.25, 0.3) is 10.9 Å². The van der Waals surface area contributed by atoms with Gasteiger partial charge in [0.2, 0.25) is 0 Å². The Morgan fingerprint density at radius 1 is 0.960 bits per heavy atom. The molecule has 130 valence electrons. The van der Waals surface area contributed by atoms with E-state index in [4.69, 9.17) is 9.47 Å². The first kappa shape index (κ1) is 17.0. The Kier molecular flexibility index (Phi) is 5.33. The van der Waals surface area contributed by atoms with Gasteiger partial charge in [-0.3, -0.25) is 0 Å². The van der Waals surface area contributed by atoms with Gasteiger partial charge in [0.15, 0.2) is 0 Å². The van der Waals surface area contributed by atoms with Gasteiger partial charge in [0, 0.05) is 11.3 Å². The van der Waals surface area contributed by atoms with Crippen LogP contribution in [0.3, 0.4) is 0 Å². The van der Waals surface area contributed by atoms with Crippen molar-refractivity contribution < 1.29 is 9.47 Å². The van der Waals surface area contributed by atoms with Crippen molar-refractivity contribution in [3.8, 4) is 11.5 Å². The number of hydrogen-bond acceptors (Lipinski definition) is 5. The maximum absolute atomic E-state index is 5.76. The largest absolute Gasteiger partial charge is 0.497 e. The minimum absolute atomic E-state index is 0.278. The third kappa shape index (κ3) is 4.18. The lowest BCUT2D eigenvalue weighted by Gasteiger charge is -2.13. The summed E-state index contributed by atoms with van der Waals surface area (Å²) in [6.45, 7) is 5.40. The molecule has 5 nitrogen and oxygen atoms in total. The summed E-state index contributed by atoms with van der Waals surface area (Å²) in [5.41, 5.74) is 0.958. The summed E-state index contributed by atoms with van der Waals surface area (Å²) in [6, 6.07) is 15.6. The predicted molar refractivity (Wildman–Crippen MR) is 101 cm³/mol. The highest BCUT2D eigenvalue weighted by atomic mass is 16.5. The Morgan fingerprint density at radius 2 is 1.68 bits per heavy atom. The Bertz CT molecular complexity index is 832. The number of methoxy groups -OCH3 is 1. The van der Waals surface area contributed by atoms with Crippen molar-refractivity contribution in [1.82, 2.24) is 9.97 Å². The van der Waals surface area contributed by atoms with Crippen molar-refractivity contribution >= 4 is 16.7 Å². The van der Waals surface area contributed by atoms with Crippen LogP contribution in [-0.2, 0) is 0 Å². The van der Waals surface area contributed by atoms with Crippen molar-refractivity contribution in [2.24, 2.45) is 0 Å². The number of aromatic nitrogens is 2. The Labute approximate surface area is 148 Å². The van der Waals surface area contributed by atoms with Crippen LogP contribution in [0.5, 0.6) is 11.5 Å². The van der Waals surface area contributed by atoms with E-state index in [1.165, 1.54) is 0 Å². The van der Waals surface area contributed by atoms with Crippen LogP contribution in [-0.4, -0.2) is 30.2 Å². The molecule has 3 aromatic rings. The molecule has 0 atom stereocenters. The van der Waals surface area contributed by atoms with Gasteiger partial charge in [-0.2, -0.15) is 0 Å². The zero-order valence-corrected chi connectivity index (χ0v) is 14.8. The maximum atomic E-state index is 5.76. The molecular formula is C20H23N3O2. The van der Waals surface area contributed by atoms with E-state index in [0.29, 0.717) is 13.2 Å². The molecule has 25 heavy (non-hydrogen) atoms. The molecule has 1 aromatic heterocycles. The third-order valence-electron chi connectivity index (χ3n) is 3.86. The number of nitrogens with one attached hydrogen (secondary N) is 1. The molecule has 0 aliphatic rings. The molecule has 0 saturated heterocycles. The molecule has 0 bridgehead atoms. The van der Waals surface area contributed by atoms with Gasteiger partial charge in [0.25, 0.3) is 0 Å². The van der Waals surface area contributed by atoms with E-state index in [-0.39, 0.29) is 5.92 Å². The van der Waals surface area contributed by atoms with E-state index in [9.17, 15) is 0 Å². The van der Waals surface area contributed by atoms with Crippen LogP contribution in [0.15, 0.2) is 48.5 Å². The molecule has 0 fully saturated rings. The van der Waals surface area contributed by atoms with Gasteiger partial charge in [0.05, 0.1) is 19.2 Å². The topological polar surface area (TPSA) is 56.3 Å². The number of benzene rings is 2. The third-order valence-corrected chi connectivity index (χ3v) is 3.86. The number of fused-ring (bicyclic) bond motifs is 1. The van der Waals surface area contributed by atoms with E-state index in [2.05, 4.69) is 29.1 Å². The molecule has 0 saturated carbocycles. The van der Waals surface area contributed by atoms with Gasteiger partial charge < -0.3 is 14.8 Å². The Hall–Kier alpha value is -2.82. The van der Waals surface area contributed by atoms with E-state index in [1.54, 1.807) is 7.11 Å². The van der Waals surface area contributed by atoms with Crippen molar-refractivity contribution in [2.45, 2.75) is 19.8 Å². The van der Waals surface area contributed by atoms with Crippen LogP contribution >= 0.6 is 0 Å². The molecule has 0 radical (unpaired) electrons. The quantitative estimate of drug-likeness (QED) is 0.653. The lowest BCUT2D eigenvalue weighted by Crippen LogP contribution is -2.14. The van der Waals surface area contributed by atoms with Crippen LogP contribution in [0.4, 0.5) is 5.82 Å². The number of ether oxygens (including phenoxy) is 2. The fourth-order valence-electron chi connectivity index (χ4n) is 2.50. The normalized spacial score (nSPS) is 10.9. The average molecular weight is 337 g/mol. The standard InChI is InChI=1S/C20H23N3O2/c1-14(2)19-22-18-7-5-4-6-17(18)20(23-19)21-12-13-25-16-10-8-15(24-3)9-11-16/h4-11,14H,12-13H2,1-3H3,(H,21,22,23). The summed E-state index contributed by atoms with van der Waals surface area (Å²) in [5, 5.41) is 4.40. The van der Waals surface area contributed by atoms with Crippen molar-refractivity contribution in [2.75, 3.05) is 25.6 Å². The van der Waals surface area contributed by atoms with E-state index >= 15 is 0 Å². The zero-order chi connectivity index (χ0) is 17.6. The highest BCUT2D eigenvalue weighted by Gasteiger charge is 2.09. The number of anilines is 1. The molecule has 5 heteroatoms. The van der Waals surface area contributed by atoms with Crippen molar-refractivity contribution in [1.29, 1.82) is 0 Å². The second kappa shape index (κ2) is 7.83. The lowest BCUT2D eigenvalue weighted by molar-refractivity contribution is 0.331. The lowest BCUT2D eigenvalue weighted by atomic mass is 10.1. The molecule has 0 spiro atoms. The molecule has 0 aliphatic heterocycles. The van der Waals surface area contributed by atoms with Crippen LogP contribution in [0.2, 0.25) is 0 Å². The average Bonchev–Trinajstić information content (AvgIpc) is 2.65. The molecule has 1 N–H and O–H groups in total. The Morgan fingerprint density at radius 3 is 2.40 bits per heavy atom. The first-order chi connectivity index (χ1) is 12.2. The molecule has 0 aliphatic carbocycles.